The summed E-state index contributed by atoms with van der Waals surface area (Å²) in [6.07, 6.45) is 0. The van der Waals surface area contributed by atoms with Crippen molar-refractivity contribution < 1.29 is 0 Å². The van der Waals surface area contributed by atoms with Crippen LogP contribution in [0.15, 0.2) is 48.5 Å². The van der Waals surface area contributed by atoms with Crippen LogP contribution in [-0.4, -0.2) is 0 Å². The van der Waals surface area contributed by atoms with Gasteiger partial charge in [-0.15, -0.1) is 0 Å². The summed E-state index contributed by atoms with van der Waals surface area (Å²) in [6, 6.07) is 18.6. The van der Waals surface area contributed by atoms with Crippen molar-refractivity contribution in [1.29, 1.82) is 0 Å². The summed E-state index contributed by atoms with van der Waals surface area (Å²) in [5, 5.41) is 11.1. The zero-order valence-electron chi connectivity index (χ0n) is 17.6. The molecule has 0 aromatic heterocycles. The van der Waals surface area contributed by atoms with Crippen molar-refractivity contribution in [3.8, 4) is 0 Å². The first-order chi connectivity index (χ1) is 13.4. The van der Waals surface area contributed by atoms with E-state index in [1.165, 1.54) is 76.5 Å². The van der Waals surface area contributed by atoms with E-state index < -0.39 is 0 Å². The predicted octanol–water partition coefficient (Wildman–Crippen LogP) is 8.15. The van der Waals surface area contributed by atoms with Gasteiger partial charge in [0.2, 0.25) is 0 Å². The molecule has 0 bridgehead atoms. The van der Waals surface area contributed by atoms with Gasteiger partial charge in [-0.1, -0.05) is 59.7 Å². The average molecular weight is 363 g/mol. The van der Waals surface area contributed by atoms with E-state index in [0.717, 1.165) is 0 Å². The molecule has 0 nitrogen and oxygen atoms in total. The fraction of sp³-hybridized carbons (Fsp3) is 0.214. The highest BCUT2D eigenvalue weighted by molar-refractivity contribution is 6.22. The molecule has 0 atom stereocenters. The summed E-state index contributed by atoms with van der Waals surface area (Å²) in [5.41, 5.74) is 8.18. The van der Waals surface area contributed by atoms with Gasteiger partial charge >= 0.3 is 0 Å². The Balaban J connectivity index is 2.10. The van der Waals surface area contributed by atoms with Crippen LogP contribution >= 0.6 is 0 Å². The highest BCUT2D eigenvalue weighted by Crippen LogP contribution is 2.40. The Bertz CT molecular complexity index is 1340. The fourth-order valence-electron chi connectivity index (χ4n) is 5.31. The Morgan fingerprint density at radius 2 is 0.750 bits per heavy atom. The molecule has 5 aromatic rings. The van der Waals surface area contributed by atoms with E-state index in [4.69, 9.17) is 0 Å². The second-order valence-corrected chi connectivity index (χ2v) is 8.58. The van der Waals surface area contributed by atoms with Gasteiger partial charge in [0, 0.05) is 0 Å². The Kier molecular flexibility index (Phi) is 3.58. The molecule has 0 saturated carbocycles. The Labute approximate surface area is 166 Å². The monoisotopic (exact) mass is 362 g/mol. The first-order valence-electron chi connectivity index (χ1n) is 10.1. The molecule has 0 fully saturated rings. The van der Waals surface area contributed by atoms with Crippen molar-refractivity contribution in [3.05, 3.63) is 81.9 Å². The lowest BCUT2D eigenvalue weighted by Crippen LogP contribution is -1.93. The van der Waals surface area contributed by atoms with Crippen LogP contribution in [-0.2, 0) is 0 Å². The molecule has 0 saturated heterocycles. The number of fused-ring (bicyclic) bond motifs is 6. The van der Waals surface area contributed by atoms with Crippen LogP contribution in [0.3, 0.4) is 0 Å². The Hall–Kier alpha value is -2.86. The lowest BCUT2D eigenvalue weighted by atomic mass is 9.86. The zero-order chi connectivity index (χ0) is 19.7. The minimum Gasteiger partial charge on any atom is -0.0557 e. The highest BCUT2D eigenvalue weighted by Gasteiger charge is 2.15. The van der Waals surface area contributed by atoms with Crippen molar-refractivity contribution >= 4 is 43.1 Å². The van der Waals surface area contributed by atoms with Crippen LogP contribution in [0, 0.1) is 41.5 Å². The van der Waals surface area contributed by atoms with Crippen LogP contribution in [0.25, 0.3) is 43.1 Å². The van der Waals surface area contributed by atoms with Gasteiger partial charge in [0.25, 0.3) is 0 Å². The first-order valence-corrected chi connectivity index (χ1v) is 10.1. The quantitative estimate of drug-likeness (QED) is 0.192. The molecule has 5 aromatic carbocycles. The number of rotatable bonds is 0. The van der Waals surface area contributed by atoms with Crippen LogP contribution < -0.4 is 0 Å². The second kappa shape index (κ2) is 5.82. The third kappa shape index (κ3) is 2.24. The van der Waals surface area contributed by atoms with Gasteiger partial charge in [-0.25, -0.2) is 0 Å². The summed E-state index contributed by atoms with van der Waals surface area (Å²) in [5.74, 6) is 0. The minimum atomic E-state index is 1.33. The van der Waals surface area contributed by atoms with Crippen LogP contribution in [0.4, 0.5) is 0 Å². The molecule has 0 aliphatic carbocycles. The highest BCUT2D eigenvalue weighted by atomic mass is 14.2. The molecule has 0 heterocycles. The molecule has 0 aliphatic rings. The van der Waals surface area contributed by atoms with Gasteiger partial charge in [-0.05, 0) is 107 Å². The largest absolute Gasteiger partial charge is 0.0557 e. The number of hydrogen-bond donors (Lipinski definition) is 0. The molecular weight excluding hydrogens is 336 g/mol. The van der Waals surface area contributed by atoms with Gasteiger partial charge in [0.05, 0.1) is 0 Å². The normalized spacial score (nSPS) is 11.9. The van der Waals surface area contributed by atoms with Crippen molar-refractivity contribution in [1.82, 2.24) is 0 Å². The molecule has 0 heteroatoms. The maximum atomic E-state index is 2.36. The SMILES string of the molecule is Cc1cc(C)c2ccc3c(C)c4c(ccc5c(C)cc(C)cc54)c(C)c3c2c1. The van der Waals surface area contributed by atoms with E-state index in [1.54, 1.807) is 0 Å². The summed E-state index contributed by atoms with van der Waals surface area (Å²) in [6.45, 7) is 13.5. The molecule has 0 aliphatic heterocycles. The van der Waals surface area contributed by atoms with Crippen molar-refractivity contribution in [3.63, 3.8) is 0 Å². The zero-order valence-corrected chi connectivity index (χ0v) is 17.6. The Morgan fingerprint density at radius 3 is 1.14 bits per heavy atom. The van der Waals surface area contributed by atoms with Crippen LogP contribution in [0.5, 0.6) is 0 Å². The van der Waals surface area contributed by atoms with Crippen molar-refractivity contribution in [2.75, 3.05) is 0 Å². The van der Waals surface area contributed by atoms with E-state index in [-0.39, 0.29) is 0 Å². The third-order valence-electron chi connectivity index (χ3n) is 6.53. The summed E-state index contributed by atoms with van der Waals surface area (Å²) in [4.78, 5) is 0. The van der Waals surface area contributed by atoms with E-state index in [1.807, 2.05) is 0 Å². The van der Waals surface area contributed by atoms with Gasteiger partial charge in [-0.3, -0.25) is 0 Å². The van der Waals surface area contributed by atoms with Crippen LogP contribution in [0.1, 0.15) is 33.4 Å². The summed E-state index contributed by atoms with van der Waals surface area (Å²) in [7, 11) is 0. The maximum absolute atomic E-state index is 2.36. The molecule has 0 N–H and O–H groups in total. The average Bonchev–Trinajstić information content (AvgIpc) is 2.64. The van der Waals surface area contributed by atoms with Crippen LogP contribution in [0.2, 0.25) is 0 Å². The number of aryl methyl sites for hydroxylation is 6. The van der Waals surface area contributed by atoms with E-state index in [2.05, 4.69) is 90.1 Å². The fourth-order valence-corrected chi connectivity index (χ4v) is 5.31. The van der Waals surface area contributed by atoms with Gasteiger partial charge in [0.15, 0.2) is 0 Å². The molecule has 5 rings (SSSR count). The van der Waals surface area contributed by atoms with E-state index >= 15 is 0 Å². The lowest BCUT2D eigenvalue weighted by molar-refractivity contribution is 1.43. The molecule has 0 unspecified atom stereocenters. The molecule has 0 amide bonds. The van der Waals surface area contributed by atoms with E-state index in [9.17, 15) is 0 Å². The third-order valence-corrected chi connectivity index (χ3v) is 6.53. The summed E-state index contributed by atoms with van der Waals surface area (Å²) >= 11 is 0. The van der Waals surface area contributed by atoms with Gasteiger partial charge in [-0.2, -0.15) is 0 Å². The standard InChI is InChI=1S/C28H26/c1-15-11-17(3)21-7-9-23-20(6)28-24(19(5)27(23)25(21)13-15)10-8-22-18(4)12-16(2)14-26(22)28/h7-14H,1-6H3. The molecule has 0 radical (unpaired) electrons. The smallest absolute Gasteiger partial charge is 0.00668 e. The van der Waals surface area contributed by atoms with E-state index in [0.29, 0.717) is 0 Å². The van der Waals surface area contributed by atoms with Crippen molar-refractivity contribution in [2.24, 2.45) is 0 Å². The number of benzene rings is 5. The number of hydrogen-bond acceptors (Lipinski definition) is 0. The topological polar surface area (TPSA) is 0 Å². The Morgan fingerprint density at radius 1 is 0.393 bits per heavy atom. The second-order valence-electron chi connectivity index (χ2n) is 8.58. The predicted molar refractivity (Wildman–Crippen MR) is 125 cm³/mol. The van der Waals surface area contributed by atoms with Gasteiger partial charge in [0.1, 0.15) is 0 Å². The maximum Gasteiger partial charge on any atom is -0.00668 e. The first kappa shape index (κ1) is 17.3. The van der Waals surface area contributed by atoms with Gasteiger partial charge < -0.3 is 0 Å². The lowest BCUT2D eigenvalue weighted by Gasteiger charge is -2.18. The minimum absolute atomic E-state index is 1.33. The molecular formula is C28H26. The molecule has 0 spiro atoms. The van der Waals surface area contributed by atoms with Crippen molar-refractivity contribution in [2.45, 2.75) is 41.5 Å². The molecule has 28 heavy (non-hydrogen) atoms. The molecule has 138 valence electrons. The summed E-state index contributed by atoms with van der Waals surface area (Å²) < 4.78 is 0.